The van der Waals surface area contributed by atoms with Crippen LogP contribution in [0.3, 0.4) is 0 Å². The molecular formula is C45H38O10S2. The monoisotopic (exact) mass is 802 g/mol. The van der Waals surface area contributed by atoms with E-state index in [1.54, 1.807) is 67.6 Å². The third-order valence-corrected chi connectivity index (χ3v) is 11.8. The molecule has 0 aliphatic heterocycles. The molecule has 0 bridgehead atoms. The molecule has 0 spiro atoms. The van der Waals surface area contributed by atoms with Crippen LogP contribution in [0.5, 0.6) is 23.0 Å². The Labute approximate surface area is 334 Å². The second-order valence-corrected chi connectivity index (χ2v) is 15.9. The summed E-state index contributed by atoms with van der Waals surface area (Å²) >= 11 is 0.701. The molecule has 1 saturated carbocycles. The second kappa shape index (κ2) is 17.3. The summed E-state index contributed by atoms with van der Waals surface area (Å²) in [6, 6.07) is 40.4. The molecule has 1 fully saturated rings. The molecule has 290 valence electrons. The van der Waals surface area contributed by atoms with Crippen molar-refractivity contribution in [1.29, 1.82) is 0 Å². The lowest BCUT2D eigenvalue weighted by molar-refractivity contribution is -0.432. The lowest BCUT2D eigenvalue weighted by Gasteiger charge is -2.38. The summed E-state index contributed by atoms with van der Waals surface area (Å²) in [5.41, 5.74) is 4.16. The van der Waals surface area contributed by atoms with E-state index >= 15 is 0 Å². The maximum Gasteiger partial charge on any atom is 0.298 e. The molecule has 0 amide bonds. The van der Waals surface area contributed by atoms with Crippen LogP contribution in [0, 0.1) is 6.92 Å². The number of carbonyl (C=O) groups excluding carboxylic acids is 2. The molecule has 0 unspecified atom stereocenters. The number of rotatable bonds is 14. The van der Waals surface area contributed by atoms with Gasteiger partial charge in [0.1, 0.15) is 27.9 Å². The summed E-state index contributed by atoms with van der Waals surface area (Å²) in [5, 5.41) is 12.2. The summed E-state index contributed by atoms with van der Waals surface area (Å²) < 4.78 is 51.9. The van der Waals surface area contributed by atoms with E-state index in [2.05, 4.69) is 21.5 Å². The molecule has 0 atom stereocenters. The average Bonchev–Trinajstić information content (AvgIpc) is 3.24. The molecule has 12 heteroatoms. The highest BCUT2D eigenvalue weighted by Crippen LogP contribution is 2.46. The summed E-state index contributed by atoms with van der Waals surface area (Å²) in [6.45, 7) is 1.77. The quantitative estimate of drug-likeness (QED) is 0.0357. The number of ketones is 2. The zero-order valence-electron chi connectivity index (χ0n) is 30.8. The fourth-order valence-electron chi connectivity index (χ4n) is 7.26. The van der Waals surface area contributed by atoms with E-state index in [0.29, 0.717) is 45.3 Å². The molecule has 57 heavy (non-hydrogen) atoms. The Morgan fingerprint density at radius 2 is 1.12 bits per heavy atom. The molecule has 0 heterocycles. The minimum Gasteiger partial charge on any atom is -0.457 e. The summed E-state index contributed by atoms with van der Waals surface area (Å²) in [6.07, 6.45) is 5.13. The zero-order chi connectivity index (χ0) is 40.0. The van der Waals surface area contributed by atoms with Gasteiger partial charge >= 0.3 is 0 Å². The highest BCUT2D eigenvalue weighted by molar-refractivity contribution is 7.94. The predicted molar refractivity (Wildman–Crippen MR) is 215 cm³/mol. The van der Waals surface area contributed by atoms with Gasteiger partial charge in [-0.1, -0.05) is 91.0 Å². The Hall–Kier alpha value is -5.60. The first-order valence-electron chi connectivity index (χ1n) is 18.2. The number of benzene rings is 6. The Morgan fingerprint density at radius 1 is 0.614 bits per heavy atom. The normalized spacial score (nSPS) is 13.8. The van der Waals surface area contributed by atoms with Crippen LogP contribution in [0.1, 0.15) is 80.6 Å². The van der Waals surface area contributed by atoms with Crippen molar-refractivity contribution in [3.63, 3.8) is 0 Å². The molecule has 0 aromatic heterocycles. The van der Waals surface area contributed by atoms with Crippen molar-refractivity contribution in [3.8, 4) is 23.0 Å². The zero-order valence-corrected chi connectivity index (χ0v) is 32.4. The molecular weight excluding hydrogens is 765 g/mol. The third-order valence-electron chi connectivity index (χ3n) is 10.2. The molecule has 0 saturated heterocycles. The first kappa shape index (κ1) is 39.6. The van der Waals surface area contributed by atoms with Crippen molar-refractivity contribution in [2.24, 2.45) is 0 Å². The van der Waals surface area contributed by atoms with Crippen LogP contribution in [0.25, 0.3) is 0 Å². The highest BCUT2D eigenvalue weighted by atomic mass is 32.2. The van der Waals surface area contributed by atoms with E-state index in [-0.39, 0.29) is 28.1 Å². The lowest BCUT2D eigenvalue weighted by atomic mass is 9.65. The van der Waals surface area contributed by atoms with Gasteiger partial charge in [-0.3, -0.25) is 14.1 Å². The molecule has 6 aromatic carbocycles. The standard InChI is InChI=1S/C45H38O10S2/c1-30-10-11-33(28-41(30)56-55-54-48)44(47)34-14-25-40(42(29-34)57(49,50)51)53-39-23-17-36(18-24-39)45(26-6-3-7-27-45)35-15-21-38(22-16-35)52-37-19-12-32(13-20-37)43(46)31-8-4-2-5-9-31/h2,4-5,8-25,28-29,48H,3,6-7,26-27H2,1H3,(H,49,50,51). The minimum atomic E-state index is -4.80. The van der Waals surface area contributed by atoms with E-state index < -0.39 is 20.8 Å². The number of carbonyl (C=O) groups is 2. The molecule has 2 N–H and O–H groups in total. The first-order valence-corrected chi connectivity index (χ1v) is 20.4. The minimum absolute atomic E-state index is 0.00772. The van der Waals surface area contributed by atoms with Gasteiger partial charge < -0.3 is 9.47 Å². The van der Waals surface area contributed by atoms with Gasteiger partial charge in [0.05, 0.1) is 12.0 Å². The molecule has 1 aliphatic rings. The van der Waals surface area contributed by atoms with Crippen molar-refractivity contribution in [3.05, 3.63) is 178 Å². The van der Waals surface area contributed by atoms with E-state index in [1.807, 2.05) is 42.5 Å². The Morgan fingerprint density at radius 3 is 1.72 bits per heavy atom. The molecule has 7 rings (SSSR count). The number of aryl methyl sites for hydroxylation is 1. The third kappa shape index (κ3) is 9.02. The maximum absolute atomic E-state index is 13.4. The maximum atomic E-state index is 13.4. The van der Waals surface area contributed by atoms with Gasteiger partial charge in [-0.05, 0) is 109 Å². The highest BCUT2D eigenvalue weighted by Gasteiger charge is 2.36. The van der Waals surface area contributed by atoms with Gasteiger partial charge in [-0.25, -0.2) is 5.26 Å². The van der Waals surface area contributed by atoms with Gasteiger partial charge in [-0.15, -0.1) is 4.33 Å². The average molecular weight is 803 g/mol. The van der Waals surface area contributed by atoms with Crippen LogP contribution in [-0.2, 0) is 24.9 Å². The topological polar surface area (TPSA) is 146 Å². The van der Waals surface area contributed by atoms with Crippen molar-refractivity contribution in [2.75, 3.05) is 0 Å². The van der Waals surface area contributed by atoms with Gasteiger partial charge in [-0.2, -0.15) is 8.42 Å². The number of hydrogen-bond acceptors (Lipinski definition) is 10. The van der Waals surface area contributed by atoms with Gasteiger partial charge in [0, 0.05) is 32.6 Å². The molecule has 6 aromatic rings. The van der Waals surface area contributed by atoms with Crippen LogP contribution >= 0.6 is 12.0 Å². The molecule has 0 radical (unpaired) electrons. The lowest BCUT2D eigenvalue weighted by Crippen LogP contribution is -2.30. The largest absolute Gasteiger partial charge is 0.457 e. The fourth-order valence-corrected chi connectivity index (χ4v) is 8.38. The summed E-state index contributed by atoms with van der Waals surface area (Å²) in [5.74, 6) is 0.936. The smallest absolute Gasteiger partial charge is 0.298 e. The van der Waals surface area contributed by atoms with E-state index in [1.165, 1.54) is 18.2 Å². The van der Waals surface area contributed by atoms with Crippen molar-refractivity contribution < 1.29 is 46.7 Å². The Balaban J connectivity index is 1.08. The van der Waals surface area contributed by atoms with Crippen LogP contribution in [0.2, 0.25) is 0 Å². The van der Waals surface area contributed by atoms with E-state index in [4.69, 9.17) is 14.7 Å². The second-order valence-electron chi connectivity index (χ2n) is 13.8. The summed E-state index contributed by atoms with van der Waals surface area (Å²) in [4.78, 5) is 26.1. The van der Waals surface area contributed by atoms with Crippen LogP contribution < -0.4 is 9.47 Å². The Bertz CT molecular complexity index is 2480. The first-order chi connectivity index (χ1) is 27.5. The van der Waals surface area contributed by atoms with Gasteiger partial charge in [0.25, 0.3) is 10.1 Å². The SMILES string of the molecule is Cc1ccc(C(=O)c2ccc(Oc3ccc(C4(c5ccc(Oc6ccc(C(=O)c7ccccc7)cc6)cc5)CCCCC4)cc3)c(S(=O)(=O)O)c2)cc1SOOO. The van der Waals surface area contributed by atoms with Gasteiger partial charge in [0.2, 0.25) is 0 Å². The van der Waals surface area contributed by atoms with Crippen molar-refractivity contribution >= 4 is 33.7 Å². The van der Waals surface area contributed by atoms with E-state index in [0.717, 1.165) is 54.9 Å². The molecule has 1 aliphatic carbocycles. The molecule has 10 nitrogen and oxygen atoms in total. The number of hydrogen-bond donors (Lipinski definition) is 2. The fraction of sp³-hybridized carbons (Fsp3) is 0.156. The van der Waals surface area contributed by atoms with E-state index in [9.17, 15) is 22.6 Å². The van der Waals surface area contributed by atoms with Crippen LogP contribution in [0.15, 0.2) is 149 Å². The van der Waals surface area contributed by atoms with Crippen molar-refractivity contribution in [2.45, 2.75) is 54.2 Å². The summed E-state index contributed by atoms with van der Waals surface area (Å²) in [7, 11) is -4.80. The van der Waals surface area contributed by atoms with Crippen LogP contribution in [-0.4, -0.2) is 29.8 Å². The van der Waals surface area contributed by atoms with Crippen LogP contribution in [0.4, 0.5) is 0 Å². The van der Waals surface area contributed by atoms with Gasteiger partial charge in [0.15, 0.2) is 11.6 Å². The number of ether oxygens (including phenoxy) is 2. The van der Waals surface area contributed by atoms with Crippen molar-refractivity contribution in [1.82, 2.24) is 0 Å². The Kier molecular flexibility index (Phi) is 12.0. The predicted octanol–water partition coefficient (Wildman–Crippen LogP) is 11.0.